The molecule has 1 fully saturated rings. The van der Waals surface area contributed by atoms with Crippen LogP contribution in [0.15, 0.2) is 24.3 Å². The number of nitrogens with one attached hydrogen (secondary N) is 1. The molecule has 0 bridgehead atoms. The zero-order valence-corrected chi connectivity index (χ0v) is 15.0. The summed E-state index contributed by atoms with van der Waals surface area (Å²) in [5, 5.41) is 2.94. The van der Waals surface area contributed by atoms with E-state index in [1.165, 1.54) is 31.9 Å². The average molecular weight is 362 g/mol. The molecule has 3 N–H and O–H groups in total. The molecule has 0 unspecified atom stereocenters. The summed E-state index contributed by atoms with van der Waals surface area (Å²) in [5.74, 6) is -1.44. The molecule has 1 aliphatic rings. The van der Waals surface area contributed by atoms with Crippen molar-refractivity contribution in [1.29, 1.82) is 0 Å². The Morgan fingerprint density at radius 1 is 1.15 bits per heavy atom. The number of esters is 1. The minimum atomic E-state index is -0.902. The summed E-state index contributed by atoms with van der Waals surface area (Å²) in [6, 6.07) is 6.49. The van der Waals surface area contributed by atoms with Crippen molar-refractivity contribution < 1.29 is 23.9 Å². The second-order valence-corrected chi connectivity index (χ2v) is 6.48. The van der Waals surface area contributed by atoms with Crippen LogP contribution in [0.1, 0.15) is 55.8 Å². The lowest BCUT2D eigenvalue weighted by molar-refractivity contribution is -0.156. The quantitative estimate of drug-likeness (QED) is 0.569. The molecule has 1 aromatic carbocycles. The van der Waals surface area contributed by atoms with Gasteiger partial charge in [-0.2, -0.15) is 0 Å². The van der Waals surface area contributed by atoms with Gasteiger partial charge in [0.05, 0.1) is 5.56 Å². The predicted octanol–water partition coefficient (Wildman–Crippen LogP) is 1.93. The maximum Gasteiger partial charge on any atom is 0.344 e. The lowest BCUT2D eigenvalue weighted by atomic mass is 10.1. The number of ether oxygens (including phenoxy) is 2. The highest BCUT2D eigenvalue weighted by Gasteiger charge is 2.22. The summed E-state index contributed by atoms with van der Waals surface area (Å²) in [5.41, 5.74) is 5.43. The number of rotatable bonds is 7. The van der Waals surface area contributed by atoms with Gasteiger partial charge in [-0.1, -0.05) is 37.8 Å². The molecule has 1 atom stereocenters. The fraction of sp³-hybridized carbons (Fsp3) is 0.526. The number of benzene rings is 1. The first-order chi connectivity index (χ1) is 12.5. The van der Waals surface area contributed by atoms with Crippen LogP contribution in [0, 0.1) is 0 Å². The molecule has 0 radical (unpaired) electrons. The molecule has 2 amide bonds. The maximum atomic E-state index is 12.2. The van der Waals surface area contributed by atoms with Gasteiger partial charge in [-0.05, 0) is 31.9 Å². The van der Waals surface area contributed by atoms with E-state index >= 15 is 0 Å². The number of carbonyl (C=O) groups excluding carboxylic acids is 3. The maximum absolute atomic E-state index is 12.2. The third-order valence-corrected chi connectivity index (χ3v) is 4.38. The van der Waals surface area contributed by atoms with E-state index in [0.29, 0.717) is 0 Å². The SMILES string of the molecule is C[C@H](OC(=O)COc1ccccc1C(N)=O)C(=O)NC1CCCCCC1. The summed E-state index contributed by atoms with van der Waals surface area (Å²) in [7, 11) is 0. The van der Waals surface area contributed by atoms with Crippen molar-refractivity contribution >= 4 is 17.8 Å². The van der Waals surface area contributed by atoms with E-state index in [1.807, 2.05) is 0 Å². The van der Waals surface area contributed by atoms with Gasteiger partial charge in [0.15, 0.2) is 12.7 Å². The van der Waals surface area contributed by atoms with E-state index in [1.54, 1.807) is 12.1 Å². The monoisotopic (exact) mass is 362 g/mol. The predicted molar refractivity (Wildman–Crippen MR) is 95.6 cm³/mol. The smallest absolute Gasteiger partial charge is 0.344 e. The van der Waals surface area contributed by atoms with E-state index in [0.717, 1.165) is 25.7 Å². The van der Waals surface area contributed by atoms with Crippen LogP contribution >= 0.6 is 0 Å². The van der Waals surface area contributed by atoms with Crippen molar-refractivity contribution in [1.82, 2.24) is 5.32 Å². The fourth-order valence-electron chi connectivity index (χ4n) is 2.96. The van der Waals surface area contributed by atoms with Gasteiger partial charge in [-0.25, -0.2) is 4.79 Å². The van der Waals surface area contributed by atoms with E-state index in [9.17, 15) is 14.4 Å². The van der Waals surface area contributed by atoms with Crippen LogP contribution in [-0.2, 0) is 14.3 Å². The molecule has 0 saturated heterocycles. The summed E-state index contributed by atoms with van der Waals surface area (Å²) in [6.45, 7) is 1.12. The van der Waals surface area contributed by atoms with Crippen LogP contribution < -0.4 is 15.8 Å². The first-order valence-corrected chi connectivity index (χ1v) is 8.99. The summed E-state index contributed by atoms with van der Waals surface area (Å²) in [4.78, 5) is 35.4. The fourth-order valence-corrected chi connectivity index (χ4v) is 2.96. The highest BCUT2D eigenvalue weighted by molar-refractivity contribution is 5.95. The Hall–Kier alpha value is -2.57. The van der Waals surface area contributed by atoms with E-state index in [2.05, 4.69) is 5.32 Å². The Labute approximate surface area is 153 Å². The first-order valence-electron chi connectivity index (χ1n) is 8.99. The molecule has 2 rings (SSSR count). The number of para-hydroxylation sites is 1. The second kappa shape index (κ2) is 9.79. The number of hydrogen-bond donors (Lipinski definition) is 2. The molecule has 7 heteroatoms. The van der Waals surface area contributed by atoms with Gasteiger partial charge >= 0.3 is 5.97 Å². The number of nitrogens with two attached hydrogens (primary N) is 1. The van der Waals surface area contributed by atoms with Crippen LogP contribution in [0.5, 0.6) is 5.75 Å². The Bertz CT molecular complexity index is 639. The molecule has 0 aromatic heterocycles. The Kier molecular flexibility index (Phi) is 7.44. The van der Waals surface area contributed by atoms with Gasteiger partial charge in [0.1, 0.15) is 5.75 Å². The largest absolute Gasteiger partial charge is 0.481 e. The number of carbonyl (C=O) groups is 3. The second-order valence-electron chi connectivity index (χ2n) is 6.48. The van der Waals surface area contributed by atoms with Crippen molar-refractivity contribution in [3.63, 3.8) is 0 Å². The van der Waals surface area contributed by atoms with Crippen molar-refractivity contribution in [2.24, 2.45) is 5.73 Å². The summed E-state index contributed by atoms with van der Waals surface area (Å²) in [6.07, 6.45) is 5.61. The summed E-state index contributed by atoms with van der Waals surface area (Å²) >= 11 is 0. The standard InChI is InChI=1S/C19H26N2O5/c1-13(19(24)21-14-8-4-2-3-5-9-14)26-17(22)12-25-16-11-7-6-10-15(16)18(20)23/h6-7,10-11,13-14H,2-5,8-9,12H2,1H3,(H2,20,23)(H,21,24)/t13-/m0/s1. The molecule has 26 heavy (non-hydrogen) atoms. The number of hydrogen-bond acceptors (Lipinski definition) is 5. The normalized spacial score (nSPS) is 16.2. The van der Waals surface area contributed by atoms with Crippen LogP contribution in [0.25, 0.3) is 0 Å². The van der Waals surface area contributed by atoms with Crippen molar-refractivity contribution in [3.8, 4) is 5.75 Å². The van der Waals surface area contributed by atoms with Gasteiger partial charge in [0, 0.05) is 6.04 Å². The van der Waals surface area contributed by atoms with Crippen LogP contribution in [-0.4, -0.2) is 36.5 Å². The van der Waals surface area contributed by atoms with Gasteiger partial charge in [-0.15, -0.1) is 0 Å². The highest BCUT2D eigenvalue weighted by atomic mass is 16.6. The lowest BCUT2D eigenvalue weighted by Gasteiger charge is -2.19. The van der Waals surface area contributed by atoms with Gasteiger partial charge in [0.2, 0.25) is 0 Å². The van der Waals surface area contributed by atoms with Crippen LogP contribution in [0.4, 0.5) is 0 Å². The minimum Gasteiger partial charge on any atom is -0.481 e. The van der Waals surface area contributed by atoms with Gasteiger partial charge in [-0.3, -0.25) is 9.59 Å². The molecule has 0 heterocycles. The highest BCUT2D eigenvalue weighted by Crippen LogP contribution is 2.18. The molecule has 0 spiro atoms. The van der Waals surface area contributed by atoms with Crippen LogP contribution in [0.2, 0.25) is 0 Å². The molecule has 1 aromatic rings. The van der Waals surface area contributed by atoms with E-state index in [-0.39, 0.29) is 23.3 Å². The molecular weight excluding hydrogens is 336 g/mol. The third kappa shape index (κ3) is 6.06. The van der Waals surface area contributed by atoms with E-state index < -0.39 is 24.6 Å². The minimum absolute atomic E-state index is 0.143. The van der Waals surface area contributed by atoms with E-state index in [4.69, 9.17) is 15.2 Å². The zero-order valence-electron chi connectivity index (χ0n) is 15.0. The van der Waals surface area contributed by atoms with Gasteiger partial charge in [0.25, 0.3) is 11.8 Å². The Balaban J connectivity index is 1.79. The third-order valence-electron chi connectivity index (χ3n) is 4.38. The summed E-state index contributed by atoms with van der Waals surface area (Å²) < 4.78 is 10.4. The molecule has 0 aliphatic heterocycles. The molecule has 7 nitrogen and oxygen atoms in total. The molecule has 1 aliphatic carbocycles. The zero-order chi connectivity index (χ0) is 18.9. The average Bonchev–Trinajstić information content (AvgIpc) is 2.88. The first kappa shape index (κ1) is 19.8. The lowest BCUT2D eigenvalue weighted by Crippen LogP contribution is -2.42. The Morgan fingerprint density at radius 3 is 2.46 bits per heavy atom. The molecule has 142 valence electrons. The van der Waals surface area contributed by atoms with Gasteiger partial charge < -0.3 is 20.5 Å². The number of primary amides is 1. The van der Waals surface area contributed by atoms with Crippen molar-refractivity contribution in [2.45, 2.75) is 57.6 Å². The van der Waals surface area contributed by atoms with Crippen molar-refractivity contribution in [2.75, 3.05) is 6.61 Å². The van der Waals surface area contributed by atoms with Crippen molar-refractivity contribution in [3.05, 3.63) is 29.8 Å². The molecular formula is C19H26N2O5. The van der Waals surface area contributed by atoms with Crippen LogP contribution in [0.3, 0.4) is 0 Å². The number of amides is 2. The Morgan fingerprint density at radius 2 is 1.81 bits per heavy atom. The topological polar surface area (TPSA) is 108 Å². The molecule has 1 saturated carbocycles.